The highest BCUT2D eigenvalue weighted by atomic mass is 79.9. The topological polar surface area (TPSA) is 35.2 Å². The van der Waals surface area contributed by atoms with Gasteiger partial charge in [0, 0.05) is 17.1 Å². The van der Waals surface area contributed by atoms with Gasteiger partial charge in [0.05, 0.1) is 6.61 Å². The van der Waals surface area contributed by atoms with E-state index in [1.807, 2.05) is 32.0 Å². The van der Waals surface area contributed by atoms with Crippen LogP contribution >= 0.6 is 15.9 Å². The van der Waals surface area contributed by atoms with Crippen molar-refractivity contribution in [2.45, 2.75) is 26.0 Å². The number of nitrogens with two attached hydrogens (primary N) is 1. The minimum Gasteiger partial charge on any atom is -0.380 e. The second-order valence-electron chi connectivity index (χ2n) is 3.96. The van der Waals surface area contributed by atoms with Crippen LogP contribution < -0.4 is 5.73 Å². The number of methoxy groups -OCH3 is 1. The van der Waals surface area contributed by atoms with Crippen molar-refractivity contribution in [1.82, 2.24) is 0 Å². The van der Waals surface area contributed by atoms with E-state index in [4.69, 9.17) is 10.5 Å². The zero-order chi connectivity index (χ0) is 10.8. The quantitative estimate of drug-likeness (QED) is 0.904. The zero-order valence-electron chi connectivity index (χ0n) is 8.80. The van der Waals surface area contributed by atoms with Gasteiger partial charge in [0.1, 0.15) is 0 Å². The smallest absolute Gasteiger partial charge is 0.0716 e. The number of halogens is 1. The Morgan fingerprint density at radius 2 is 2.07 bits per heavy atom. The number of hydrogen-bond acceptors (Lipinski definition) is 2. The Bertz CT molecular complexity index is 318. The molecule has 0 aliphatic heterocycles. The van der Waals surface area contributed by atoms with E-state index in [0.717, 1.165) is 15.6 Å². The lowest BCUT2D eigenvalue weighted by atomic mass is 9.91. The number of benzene rings is 1. The fourth-order valence-corrected chi connectivity index (χ4v) is 1.87. The average molecular weight is 258 g/mol. The Hall–Kier alpha value is -0.380. The van der Waals surface area contributed by atoms with E-state index in [1.165, 1.54) is 0 Å². The molecule has 0 aromatic heterocycles. The predicted octanol–water partition coefficient (Wildman–Crippen LogP) is 2.79. The van der Waals surface area contributed by atoms with Crippen LogP contribution in [0.15, 0.2) is 22.7 Å². The summed E-state index contributed by atoms with van der Waals surface area (Å²) in [7, 11) is 1.69. The summed E-state index contributed by atoms with van der Waals surface area (Å²) < 4.78 is 6.20. The summed E-state index contributed by atoms with van der Waals surface area (Å²) in [5, 5.41) is 0. The first-order chi connectivity index (χ1) is 6.45. The van der Waals surface area contributed by atoms with E-state index < -0.39 is 0 Å². The molecular formula is C11H16BrNO. The van der Waals surface area contributed by atoms with Gasteiger partial charge < -0.3 is 10.5 Å². The normalized spacial score (nSPS) is 11.8. The molecule has 0 bridgehead atoms. The molecule has 14 heavy (non-hydrogen) atoms. The number of rotatable bonds is 3. The van der Waals surface area contributed by atoms with E-state index in [0.29, 0.717) is 6.61 Å². The summed E-state index contributed by atoms with van der Waals surface area (Å²) in [6, 6.07) is 6.09. The van der Waals surface area contributed by atoms with Crippen molar-refractivity contribution < 1.29 is 4.74 Å². The maximum atomic E-state index is 6.07. The van der Waals surface area contributed by atoms with Crippen LogP contribution in [0, 0.1) is 0 Å². The molecule has 0 heterocycles. The third kappa shape index (κ3) is 2.80. The lowest BCUT2D eigenvalue weighted by Crippen LogP contribution is -2.30. The van der Waals surface area contributed by atoms with Crippen LogP contribution in [-0.4, -0.2) is 7.11 Å². The molecule has 0 aliphatic rings. The van der Waals surface area contributed by atoms with Crippen LogP contribution in [0.4, 0.5) is 0 Å². The monoisotopic (exact) mass is 257 g/mol. The van der Waals surface area contributed by atoms with Crippen molar-refractivity contribution in [1.29, 1.82) is 0 Å². The van der Waals surface area contributed by atoms with Gasteiger partial charge in [-0.3, -0.25) is 0 Å². The number of ether oxygens (including phenoxy) is 1. The highest BCUT2D eigenvalue weighted by molar-refractivity contribution is 9.10. The summed E-state index contributed by atoms with van der Waals surface area (Å²) >= 11 is 3.44. The molecule has 0 unspecified atom stereocenters. The SMILES string of the molecule is COCc1cc(Br)ccc1C(C)(C)N. The van der Waals surface area contributed by atoms with Crippen molar-refractivity contribution in [3.05, 3.63) is 33.8 Å². The van der Waals surface area contributed by atoms with E-state index >= 15 is 0 Å². The maximum absolute atomic E-state index is 6.07. The Morgan fingerprint density at radius 3 is 2.57 bits per heavy atom. The molecule has 0 radical (unpaired) electrons. The first-order valence-electron chi connectivity index (χ1n) is 4.52. The molecule has 1 rings (SSSR count). The third-order valence-electron chi connectivity index (χ3n) is 2.06. The molecule has 2 nitrogen and oxygen atoms in total. The van der Waals surface area contributed by atoms with Crippen molar-refractivity contribution in [2.75, 3.05) is 7.11 Å². The Morgan fingerprint density at radius 1 is 1.43 bits per heavy atom. The van der Waals surface area contributed by atoms with Crippen LogP contribution in [0.3, 0.4) is 0 Å². The Kier molecular flexibility index (Phi) is 3.70. The minimum atomic E-state index is -0.325. The average Bonchev–Trinajstić information content (AvgIpc) is 2.02. The van der Waals surface area contributed by atoms with Crippen LogP contribution in [0.1, 0.15) is 25.0 Å². The van der Waals surface area contributed by atoms with E-state index in [2.05, 4.69) is 15.9 Å². The summed E-state index contributed by atoms with van der Waals surface area (Å²) in [6.07, 6.45) is 0. The molecule has 0 fully saturated rings. The van der Waals surface area contributed by atoms with E-state index in [9.17, 15) is 0 Å². The van der Waals surface area contributed by atoms with E-state index in [1.54, 1.807) is 7.11 Å². The van der Waals surface area contributed by atoms with Crippen LogP contribution in [-0.2, 0) is 16.9 Å². The summed E-state index contributed by atoms with van der Waals surface area (Å²) in [5.41, 5.74) is 8.00. The molecule has 0 amide bonds. The first kappa shape index (κ1) is 11.7. The van der Waals surface area contributed by atoms with Crippen molar-refractivity contribution in [3.8, 4) is 0 Å². The molecule has 0 saturated heterocycles. The summed E-state index contributed by atoms with van der Waals surface area (Å²) in [6.45, 7) is 4.58. The largest absolute Gasteiger partial charge is 0.380 e. The Balaban J connectivity index is 3.15. The summed E-state index contributed by atoms with van der Waals surface area (Å²) in [5.74, 6) is 0. The van der Waals surface area contributed by atoms with Gasteiger partial charge in [0.2, 0.25) is 0 Å². The second-order valence-corrected chi connectivity index (χ2v) is 4.87. The lowest BCUT2D eigenvalue weighted by molar-refractivity contribution is 0.183. The van der Waals surface area contributed by atoms with Gasteiger partial charge in [-0.25, -0.2) is 0 Å². The molecule has 78 valence electrons. The molecule has 2 N–H and O–H groups in total. The van der Waals surface area contributed by atoms with Gasteiger partial charge in [-0.05, 0) is 37.1 Å². The standard InChI is InChI=1S/C11H16BrNO/c1-11(2,13)10-5-4-9(12)6-8(10)7-14-3/h4-6H,7,13H2,1-3H3. The molecule has 0 aliphatic carbocycles. The van der Waals surface area contributed by atoms with Gasteiger partial charge in [-0.1, -0.05) is 22.0 Å². The minimum absolute atomic E-state index is 0.325. The maximum Gasteiger partial charge on any atom is 0.0716 e. The van der Waals surface area contributed by atoms with Crippen molar-refractivity contribution >= 4 is 15.9 Å². The molecule has 0 atom stereocenters. The fraction of sp³-hybridized carbons (Fsp3) is 0.455. The van der Waals surface area contributed by atoms with Gasteiger partial charge in [-0.2, -0.15) is 0 Å². The molecule has 0 spiro atoms. The highest BCUT2D eigenvalue weighted by Gasteiger charge is 2.17. The van der Waals surface area contributed by atoms with Crippen LogP contribution in [0.5, 0.6) is 0 Å². The first-order valence-corrected chi connectivity index (χ1v) is 5.31. The van der Waals surface area contributed by atoms with E-state index in [-0.39, 0.29) is 5.54 Å². The molecule has 3 heteroatoms. The van der Waals surface area contributed by atoms with Crippen LogP contribution in [0.25, 0.3) is 0 Å². The van der Waals surface area contributed by atoms with Gasteiger partial charge in [0.15, 0.2) is 0 Å². The van der Waals surface area contributed by atoms with Gasteiger partial charge in [-0.15, -0.1) is 0 Å². The number of hydrogen-bond donors (Lipinski definition) is 1. The van der Waals surface area contributed by atoms with Gasteiger partial charge in [0.25, 0.3) is 0 Å². The molecule has 1 aromatic rings. The molecule has 0 saturated carbocycles. The fourth-order valence-electron chi connectivity index (χ4n) is 1.47. The lowest BCUT2D eigenvalue weighted by Gasteiger charge is -2.22. The zero-order valence-corrected chi connectivity index (χ0v) is 10.4. The van der Waals surface area contributed by atoms with Crippen molar-refractivity contribution in [3.63, 3.8) is 0 Å². The predicted molar refractivity (Wildman–Crippen MR) is 62.1 cm³/mol. The third-order valence-corrected chi connectivity index (χ3v) is 2.55. The second kappa shape index (κ2) is 4.43. The highest BCUT2D eigenvalue weighted by Crippen LogP contribution is 2.25. The summed E-state index contributed by atoms with van der Waals surface area (Å²) in [4.78, 5) is 0. The van der Waals surface area contributed by atoms with Gasteiger partial charge >= 0.3 is 0 Å². The van der Waals surface area contributed by atoms with Crippen molar-refractivity contribution in [2.24, 2.45) is 5.73 Å². The Labute approximate surface area is 93.6 Å². The van der Waals surface area contributed by atoms with Crippen LogP contribution in [0.2, 0.25) is 0 Å². The molecule has 1 aromatic carbocycles. The molecular weight excluding hydrogens is 242 g/mol.